The fourth-order valence-electron chi connectivity index (χ4n) is 5.92. The van der Waals surface area contributed by atoms with Crippen molar-refractivity contribution >= 4 is 21.8 Å². The van der Waals surface area contributed by atoms with Crippen LogP contribution in [-0.2, 0) is 0 Å². The van der Waals surface area contributed by atoms with E-state index in [1.807, 2.05) is 12.1 Å². The molecular weight excluding hydrogens is 448 g/mol. The van der Waals surface area contributed by atoms with Crippen LogP contribution in [0.1, 0.15) is 0 Å². The van der Waals surface area contributed by atoms with E-state index >= 15 is 0 Å². The van der Waals surface area contributed by atoms with E-state index in [0.29, 0.717) is 0 Å². The van der Waals surface area contributed by atoms with E-state index in [0.717, 1.165) is 28.1 Å². The summed E-state index contributed by atoms with van der Waals surface area (Å²) >= 11 is 0. The fraction of sp³-hybridized carbons (Fsp3) is 0. The third-order valence-electron chi connectivity index (χ3n) is 7.58. The zero-order chi connectivity index (χ0) is 24.3. The molecule has 0 atom stereocenters. The lowest BCUT2D eigenvalue weighted by Crippen LogP contribution is -1.97. The fourth-order valence-corrected chi connectivity index (χ4v) is 5.92. The summed E-state index contributed by atoms with van der Waals surface area (Å²) in [6, 6.07) is 47.7. The molecule has 6 aromatic carbocycles. The third kappa shape index (κ3) is 2.96. The molecule has 37 heavy (non-hydrogen) atoms. The second-order valence-electron chi connectivity index (χ2n) is 9.61. The highest BCUT2D eigenvalue weighted by Crippen LogP contribution is 2.49. The Morgan fingerprint density at radius 2 is 1.08 bits per heavy atom. The molecule has 0 amide bonds. The van der Waals surface area contributed by atoms with E-state index in [4.69, 9.17) is 4.98 Å². The van der Waals surface area contributed by atoms with Crippen LogP contribution in [0.3, 0.4) is 0 Å². The molecule has 1 aliphatic rings. The summed E-state index contributed by atoms with van der Waals surface area (Å²) in [5.74, 6) is 0.956. The van der Waals surface area contributed by atoms with Crippen LogP contribution in [0.25, 0.3) is 72.3 Å². The van der Waals surface area contributed by atoms with Crippen LogP contribution >= 0.6 is 0 Å². The quantitative estimate of drug-likeness (QED) is 0.252. The maximum absolute atomic E-state index is 4.99. The minimum Gasteiger partial charge on any atom is -0.292 e. The van der Waals surface area contributed by atoms with Gasteiger partial charge in [0.15, 0.2) is 0 Å². The predicted molar refractivity (Wildman–Crippen MR) is 154 cm³/mol. The van der Waals surface area contributed by atoms with Gasteiger partial charge in [-0.1, -0.05) is 109 Å². The van der Waals surface area contributed by atoms with E-state index in [2.05, 4.69) is 126 Å². The zero-order valence-corrected chi connectivity index (χ0v) is 20.1. The van der Waals surface area contributed by atoms with Crippen molar-refractivity contribution in [1.29, 1.82) is 0 Å². The minimum atomic E-state index is 0.956. The predicted octanol–water partition coefficient (Wildman–Crippen LogP) is 9.16. The maximum Gasteiger partial charge on any atom is 0.145 e. The van der Waals surface area contributed by atoms with Gasteiger partial charge >= 0.3 is 0 Å². The Hall–Kier alpha value is -4.95. The van der Waals surface area contributed by atoms with Gasteiger partial charge < -0.3 is 0 Å². The highest BCUT2D eigenvalue weighted by Gasteiger charge is 2.22. The van der Waals surface area contributed by atoms with Crippen LogP contribution < -0.4 is 0 Å². The summed E-state index contributed by atoms with van der Waals surface area (Å²) in [6.07, 6.45) is 0. The van der Waals surface area contributed by atoms with Crippen LogP contribution in [0.4, 0.5) is 0 Å². The van der Waals surface area contributed by atoms with Gasteiger partial charge in [-0.15, -0.1) is 0 Å². The number of hydrogen-bond donors (Lipinski definition) is 0. The van der Waals surface area contributed by atoms with Crippen LogP contribution in [0.15, 0.2) is 133 Å². The molecule has 0 spiro atoms. The highest BCUT2D eigenvalue weighted by molar-refractivity contribution is 6.18. The minimum absolute atomic E-state index is 0.956. The van der Waals surface area contributed by atoms with Crippen molar-refractivity contribution in [2.24, 2.45) is 0 Å². The molecule has 0 bridgehead atoms. The molecule has 172 valence electrons. The van der Waals surface area contributed by atoms with E-state index in [-0.39, 0.29) is 0 Å². The van der Waals surface area contributed by atoms with Crippen LogP contribution in [0.2, 0.25) is 0 Å². The Labute approximate surface area is 215 Å². The molecule has 0 unspecified atom stereocenters. The maximum atomic E-state index is 4.99. The first-order valence-electron chi connectivity index (χ1n) is 12.7. The molecule has 1 heterocycles. The van der Waals surface area contributed by atoms with Crippen molar-refractivity contribution in [2.75, 3.05) is 0 Å². The van der Waals surface area contributed by atoms with Gasteiger partial charge in [-0.25, -0.2) is 4.98 Å². The number of imidazole rings is 1. The average molecular weight is 471 g/mol. The molecule has 2 heteroatoms. The van der Waals surface area contributed by atoms with Gasteiger partial charge in [-0.2, -0.15) is 0 Å². The lowest BCUT2D eigenvalue weighted by Gasteiger charge is -2.13. The van der Waals surface area contributed by atoms with Gasteiger partial charge in [0.05, 0.1) is 11.0 Å². The zero-order valence-electron chi connectivity index (χ0n) is 20.1. The summed E-state index contributed by atoms with van der Waals surface area (Å²) in [5.41, 5.74) is 12.1. The summed E-state index contributed by atoms with van der Waals surface area (Å²) in [5, 5.41) is 2.66. The molecular formula is C35H22N2. The Bertz CT molecular complexity index is 1930. The standard InChI is InChI=1S/C35H22N2/c1-2-9-24(10-3-1)35-36-32-15-6-7-16-33(32)37(35)25-19-17-23(18-20-25)26-21-22-31-28-12-5-4-11-27(28)30-14-8-13-29(26)34(30)31/h1-22H. The van der Waals surface area contributed by atoms with E-state index in [9.17, 15) is 0 Å². The first-order valence-corrected chi connectivity index (χ1v) is 12.7. The van der Waals surface area contributed by atoms with E-state index in [1.165, 1.54) is 44.2 Å². The van der Waals surface area contributed by atoms with Gasteiger partial charge in [-0.3, -0.25) is 4.57 Å². The van der Waals surface area contributed by atoms with Crippen molar-refractivity contribution in [2.45, 2.75) is 0 Å². The van der Waals surface area contributed by atoms with Crippen molar-refractivity contribution < 1.29 is 0 Å². The average Bonchev–Trinajstić information content (AvgIpc) is 3.52. The molecule has 0 aliphatic heterocycles. The van der Waals surface area contributed by atoms with Crippen molar-refractivity contribution in [1.82, 2.24) is 9.55 Å². The van der Waals surface area contributed by atoms with Crippen molar-refractivity contribution in [3.63, 3.8) is 0 Å². The number of nitrogens with zero attached hydrogens (tertiary/aromatic N) is 2. The van der Waals surface area contributed by atoms with Gasteiger partial charge in [-0.05, 0) is 68.4 Å². The van der Waals surface area contributed by atoms with Gasteiger partial charge in [0, 0.05) is 11.3 Å². The molecule has 0 fully saturated rings. The number of benzene rings is 6. The summed E-state index contributed by atoms with van der Waals surface area (Å²) in [6.45, 7) is 0. The van der Waals surface area contributed by atoms with Crippen molar-refractivity contribution in [3.05, 3.63) is 133 Å². The number of aromatic nitrogens is 2. The normalized spacial score (nSPS) is 11.8. The second kappa shape index (κ2) is 7.78. The van der Waals surface area contributed by atoms with E-state index in [1.54, 1.807) is 0 Å². The monoisotopic (exact) mass is 470 g/mol. The number of rotatable bonds is 3. The first kappa shape index (κ1) is 20.3. The Kier molecular flexibility index (Phi) is 4.26. The summed E-state index contributed by atoms with van der Waals surface area (Å²) in [7, 11) is 0. The van der Waals surface area contributed by atoms with Gasteiger partial charge in [0.1, 0.15) is 5.82 Å². The van der Waals surface area contributed by atoms with Crippen LogP contribution in [0.5, 0.6) is 0 Å². The Balaban J connectivity index is 1.29. The molecule has 0 saturated heterocycles. The smallest absolute Gasteiger partial charge is 0.145 e. The lowest BCUT2D eigenvalue weighted by molar-refractivity contribution is 1.10. The first-order chi connectivity index (χ1) is 18.4. The third-order valence-corrected chi connectivity index (χ3v) is 7.58. The number of hydrogen-bond acceptors (Lipinski definition) is 1. The lowest BCUT2D eigenvalue weighted by atomic mass is 9.94. The van der Waals surface area contributed by atoms with Crippen LogP contribution in [-0.4, -0.2) is 9.55 Å². The Morgan fingerprint density at radius 1 is 0.432 bits per heavy atom. The molecule has 1 aliphatic carbocycles. The molecule has 7 aromatic rings. The molecule has 2 nitrogen and oxygen atoms in total. The highest BCUT2D eigenvalue weighted by atomic mass is 15.1. The van der Waals surface area contributed by atoms with Crippen LogP contribution in [0, 0.1) is 0 Å². The molecule has 0 saturated carbocycles. The topological polar surface area (TPSA) is 17.8 Å². The largest absolute Gasteiger partial charge is 0.292 e. The number of fused-ring (bicyclic) bond motifs is 4. The second-order valence-corrected chi connectivity index (χ2v) is 9.61. The SMILES string of the molecule is c1ccc(-c2nc3ccccc3n2-c2ccc(-c3ccc4c5c(cccc35)-c3ccccc3-4)cc2)cc1. The Morgan fingerprint density at radius 3 is 1.89 bits per heavy atom. The molecule has 8 rings (SSSR count). The summed E-state index contributed by atoms with van der Waals surface area (Å²) in [4.78, 5) is 4.99. The van der Waals surface area contributed by atoms with Crippen molar-refractivity contribution in [3.8, 4) is 50.5 Å². The molecule has 1 aromatic heterocycles. The van der Waals surface area contributed by atoms with Gasteiger partial charge in [0.25, 0.3) is 0 Å². The number of para-hydroxylation sites is 2. The summed E-state index contributed by atoms with van der Waals surface area (Å²) < 4.78 is 2.26. The molecule has 0 N–H and O–H groups in total. The molecule has 0 radical (unpaired) electrons. The van der Waals surface area contributed by atoms with Gasteiger partial charge in [0.2, 0.25) is 0 Å². The van der Waals surface area contributed by atoms with E-state index < -0.39 is 0 Å².